The van der Waals surface area contributed by atoms with Crippen LogP contribution in [0.5, 0.6) is 0 Å². The average molecular weight is 258 g/mol. The lowest BCUT2D eigenvalue weighted by Crippen LogP contribution is -2.13. The number of hydrogen-bond acceptors (Lipinski definition) is 3. The fourth-order valence-corrected chi connectivity index (χ4v) is 2.56. The van der Waals surface area contributed by atoms with Crippen molar-refractivity contribution >= 4 is 10.3 Å². The van der Waals surface area contributed by atoms with Gasteiger partial charge in [0.1, 0.15) is 0 Å². The number of aromatic nitrogens is 1. The molecule has 0 N–H and O–H groups in total. The predicted octanol–water partition coefficient (Wildman–Crippen LogP) is 2.70. The number of aryl methyl sites for hydroxylation is 1. The maximum atomic E-state index is 10.9. The summed E-state index contributed by atoms with van der Waals surface area (Å²) < 4.78 is 33.5. The molecule has 0 aromatic carbocycles. The number of rotatable bonds is 8. The number of unbranched alkanes of at least 4 members (excludes halogenated alkanes) is 5. The Morgan fingerprint density at radius 2 is 1.82 bits per heavy atom. The highest BCUT2D eigenvalue weighted by Crippen LogP contribution is 2.12. The first-order valence-electron chi connectivity index (χ1n) is 6.18. The highest BCUT2D eigenvalue weighted by atomic mass is 32.2. The van der Waals surface area contributed by atoms with E-state index in [1.165, 1.54) is 31.9 Å². The molecule has 0 aliphatic heterocycles. The van der Waals surface area contributed by atoms with Crippen molar-refractivity contribution in [3.8, 4) is 0 Å². The molecule has 0 amide bonds. The molecule has 0 radical (unpaired) electrons. The van der Waals surface area contributed by atoms with Gasteiger partial charge in [0.15, 0.2) is 10.3 Å². The summed E-state index contributed by atoms with van der Waals surface area (Å²) >= 11 is 0. The molecular formula is C12H20NO3S-. The maximum absolute atomic E-state index is 10.9. The van der Waals surface area contributed by atoms with Gasteiger partial charge >= 0.3 is 0 Å². The van der Waals surface area contributed by atoms with Gasteiger partial charge in [-0.3, -0.25) is 3.97 Å². The van der Waals surface area contributed by atoms with Crippen LogP contribution in [0.3, 0.4) is 0 Å². The second-order valence-electron chi connectivity index (χ2n) is 4.27. The molecule has 0 atom stereocenters. The SMILES string of the molecule is CCCCCCCCc1cccn1S(=O)(=O)[O-]. The van der Waals surface area contributed by atoms with Crippen LogP contribution in [0.25, 0.3) is 0 Å². The topological polar surface area (TPSA) is 62.1 Å². The van der Waals surface area contributed by atoms with E-state index in [1.54, 1.807) is 12.1 Å². The van der Waals surface area contributed by atoms with Crippen LogP contribution in [0, 0.1) is 0 Å². The van der Waals surface area contributed by atoms with Crippen LogP contribution in [-0.4, -0.2) is 16.9 Å². The van der Waals surface area contributed by atoms with Gasteiger partial charge in [0.05, 0.1) is 0 Å². The zero-order valence-corrected chi connectivity index (χ0v) is 11.1. The third kappa shape index (κ3) is 4.91. The van der Waals surface area contributed by atoms with E-state index in [0.717, 1.165) is 16.8 Å². The van der Waals surface area contributed by atoms with Crippen molar-refractivity contribution in [3.05, 3.63) is 24.0 Å². The third-order valence-electron chi connectivity index (χ3n) is 2.82. The molecule has 0 aliphatic rings. The Morgan fingerprint density at radius 1 is 1.18 bits per heavy atom. The minimum absolute atomic E-state index is 0.593. The highest BCUT2D eigenvalue weighted by Gasteiger charge is 2.05. The molecule has 98 valence electrons. The van der Waals surface area contributed by atoms with Gasteiger partial charge in [-0.2, -0.15) is 0 Å². The summed E-state index contributed by atoms with van der Waals surface area (Å²) in [4.78, 5) is 0. The molecule has 0 saturated heterocycles. The molecular weight excluding hydrogens is 238 g/mol. The van der Waals surface area contributed by atoms with Gasteiger partial charge in [-0.15, -0.1) is 0 Å². The molecule has 1 heterocycles. The zero-order valence-electron chi connectivity index (χ0n) is 10.3. The van der Waals surface area contributed by atoms with E-state index in [1.807, 2.05) is 0 Å². The fourth-order valence-electron chi connectivity index (χ4n) is 1.90. The van der Waals surface area contributed by atoms with Gasteiger partial charge < -0.3 is 4.55 Å². The minimum atomic E-state index is -4.37. The Kier molecular flexibility index (Phi) is 5.71. The van der Waals surface area contributed by atoms with E-state index in [2.05, 4.69) is 6.92 Å². The Labute approximate surface area is 104 Å². The molecule has 0 saturated carbocycles. The van der Waals surface area contributed by atoms with Crippen LogP contribution in [0.15, 0.2) is 18.3 Å². The van der Waals surface area contributed by atoms with Crippen molar-refractivity contribution in [2.24, 2.45) is 0 Å². The number of nitrogens with zero attached hydrogens (tertiary/aromatic N) is 1. The maximum Gasteiger partial charge on any atom is 0.188 e. The molecule has 0 bridgehead atoms. The first-order valence-corrected chi connectivity index (χ1v) is 7.55. The second-order valence-corrected chi connectivity index (χ2v) is 5.52. The highest BCUT2D eigenvalue weighted by molar-refractivity contribution is 7.84. The Hall–Kier alpha value is -0.810. The van der Waals surface area contributed by atoms with E-state index in [9.17, 15) is 13.0 Å². The van der Waals surface area contributed by atoms with Gasteiger partial charge in [0.25, 0.3) is 0 Å². The first kappa shape index (κ1) is 14.3. The van der Waals surface area contributed by atoms with E-state index >= 15 is 0 Å². The molecule has 5 heteroatoms. The molecule has 17 heavy (non-hydrogen) atoms. The minimum Gasteiger partial charge on any atom is -0.731 e. The van der Waals surface area contributed by atoms with Gasteiger partial charge in [-0.25, -0.2) is 8.42 Å². The molecule has 1 aromatic rings. The largest absolute Gasteiger partial charge is 0.731 e. The van der Waals surface area contributed by atoms with Crippen molar-refractivity contribution < 1.29 is 13.0 Å². The summed E-state index contributed by atoms with van der Waals surface area (Å²) in [5.74, 6) is 0. The molecule has 0 fully saturated rings. The Morgan fingerprint density at radius 3 is 2.47 bits per heavy atom. The van der Waals surface area contributed by atoms with E-state index in [0.29, 0.717) is 12.1 Å². The van der Waals surface area contributed by atoms with Crippen molar-refractivity contribution in [2.75, 3.05) is 0 Å². The lowest BCUT2D eigenvalue weighted by Gasteiger charge is -2.12. The summed E-state index contributed by atoms with van der Waals surface area (Å²) in [5, 5.41) is 0. The van der Waals surface area contributed by atoms with Crippen molar-refractivity contribution in [1.29, 1.82) is 0 Å². The van der Waals surface area contributed by atoms with E-state index in [-0.39, 0.29) is 0 Å². The molecule has 4 nitrogen and oxygen atoms in total. The summed E-state index contributed by atoms with van der Waals surface area (Å²) in [6.45, 7) is 2.17. The van der Waals surface area contributed by atoms with E-state index < -0.39 is 10.3 Å². The van der Waals surface area contributed by atoms with Crippen molar-refractivity contribution in [2.45, 2.75) is 51.9 Å². The predicted molar refractivity (Wildman–Crippen MR) is 66.6 cm³/mol. The standard InChI is InChI=1S/C12H21NO3S/c1-2-3-4-5-6-7-9-12-10-8-11-13(12)17(14,15)16/h8,10-11H,2-7,9H2,1H3,(H,14,15,16)/p-1. The zero-order chi connectivity index (χ0) is 12.7. The Bertz CT molecular complexity index is 423. The molecule has 0 unspecified atom stereocenters. The fraction of sp³-hybridized carbons (Fsp3) is 0.667. The smallest absolute Gasteiger partial charge is 0.188 e. The first-order chi connectivity index (χ1) is 8.05. The second kappa shape index (κ2) is 6.81. The molecule has 1 rings (SSSR count). The number of hydrogen-bond donors (Lipinski definition) is 0. The summed E-state index contributed by atoms with van der Waals surface area (Å²) in [5.41, 5.74) is 0.593. The lowest BCUT2D eigenvalue weighted by molar-refractivity contribution is 0.450. The summed E-state index contributed by atoms with van der Waals surface area (Å²) in [7, 11) is -4.37. The average Bonchev–Trinajstić information content (AvgIpc) is 2.71. The monoisotopic (exact) mass is 258 g/mol. The van der Waals surface area contributed by atoms with Crippen LogP contribution in [-0.2, 0) is 16.7 Å². The molecule has 0 aliphatic carbocycles. The molecule has 0 spiro atoms. The molecule has 1 aromatic heterocycles. The van der Waals surface area contributed by atoms with Gasteiger partial charge in [0, 0.05) is 11.9 Å². The quantitative estimate of drug-likeness (QED) is 0.532. The van der Waals surface area contributed by atoms with Crippen LogP contribution in [0.1, 0.15) is 51.1 Å². The van der Waals surface area contributed by atoms with E-state index in [4.69, 9.17) is 0 Å². The van der Waals surface area contributed by atoms with Crippen molar-refractivity contribution in [1.82, 2.24) is 3.97 Å². The van der Waals surface area contributed by atoms with Crippen LogP contribution >= 0.6 is 0 Å². The van der Waals surface area contributed by atoms with Crippen LogP contribution in [0.4, 0.5) is 0 Å². The van der Waals surface area contributed by atoms with Crippen LogP contribution in [0.2, 0.25) is 0 Å². The lowest BCUT2D eigenvalue weighted by atomic mass is 10.1. The van der Waals surface area contributed by atoms with Gasteiger partial charge in [-0.05, 0) is 25.0 Å². The van der Waals surface area contributed by atoms with Crippen LogP contribution < -0.4 is 0 Å². The van der Waals surface area contributed by atoms with Gasteiger partial charge in [0.2, 0.25) is 0 Å². The van der Waals surface area contributed by atoms with Gasteiger partial charge in [-0.1, -0.05) is 39.0 Å². The third-order valence-corrected chi connectivity index (χ3v) is 3.66. The van der Waals surface area contributed by atoms with Crippen molar-refractivity contribution in [3.63, 3.8) is 0 Å². The summed E-state index contributed by atoms with van der Waals surface area (Å²) in [6.07, 6.45) is 8.88. The normalized spacial score (nSPS) is 11.9. The summed E-state index contributed by atoms with van der Waals surface area (Å²) in [6, 6.07) is 3.29. The Balaban J connectivity index is 2.35.